The minimum atomic E-state index is -0.198. The van der Waals surface area contributed by atoms with Gasteiger partial charge in [0, 0.05) is 24.4 Å². The monoisotopic (exact) mass is 242 g/mol. The summed E-state index contributed by atoms with van der Waals surface area (Å²) < 4.78 is 4.62. The van der Waals surface area contributed by atoms with E-state index in [0.717, 1.165) is 11.1 Å². The molecule has 0 radical (unpaired) electrons. The Morgan fingerprint density at radius 1 is 1.22 bits per heavy atom. The molecule has 0 saturated heterocycles. The second-order valence-electron chi connectivity index (χ2n) is 3.85. The first-order valence-corrected chi connectivity index (χ1v) is 5.73. The summed E-state index contributed by atoms with van der Waals surface area (Å²) in [6.45, 7) is 0. The number of methoxy groups -OCH3 is 1. The highest BCUT2D eigenvalue weighted by Gasteiger charge is 2.04. The average Bonchev–Trinajstić information content (AvgIpc) is 2.46. The standard InChI is InChI=1S/C14H14N2O2/c1-18-13(17)7-6-11-4-2-5-12(10-11)14-15-8-3-9-16-14/h2-5,8-10H,6-7H2,1H3. The minimum Gasteiger partial charge on any atom is -0.469 e. The summed E-state index contributed by atoms with van der Waals surface area (Å²) in [6, 6.07) is 9.66. The average molecular weight is 242 g/mol. The molecule has 0 aliphatic rings. The maximum absolute atomic E-state index is 11.1. The maximum atomic E-state index is 11.1. The number of benzene rings is 1. The Balaban J connectivity index is 2.13. The van der Waals surface area contributed by atoms with Crippen LogP contribution < -0.4 is 0 Å². The van der Waals surface area contributed by atoms with Crippen LogP contribution in [0.5, 0.6) is 0 Å². The van der Waals surface area contributed by atoms with Crippen molar-refractivity contribution in [3.63, 3.8) is 0 Å². The summed E-state index contributed by atoms with van der Waals surface area (Å²) >= 11 is 0. The Morgan fingerprint density at radius 2 is 2.00 bits per heavy atom. The summed E-state index contributed by atoms with van der Waals surface area (Å²) in [5.74, 6) is 0.494. The van der Waals surface area contributed by atoms with Crippen LogP contribution in [-0.4, -0.2) is 23.0 Å². The van der Waals surface area contributed by atoms with Crippen LogP contribution in [-0.2, 0) is 16.0 Å². The number of carbonyl (C=O) groups is 1. The van der Waals surface area contributed by atoms with Gasteiger partial charge in [-0.3, -0.25) is 4.79 Å². The smallest absolute Gasteiger partial charge is 0.305 e. The van der Waals surface area contributed by atoms with Crippen LogP contribution in [0.3, 0.4) is 0 Å². The first-order valence-electron chi connectivity index (χ1n) is 5.73. The molecule has 0 fully saturated rings. The molecular formula is C14H14N2O2. The predicted molar refractivity (Wildman–Crippen MR) is 67.8 cm³/mol. The molecule has 0 aliphatic carbocycles. The number of hydrogen-bond donors (Lipinski definition) is 0. The van der Waals surface area contributed by atoms with Crippen molar-refractivity contribution in [1.29, 1.82) is 0 Å². The van der Waals surface area contributed by atoms with Gasteiger partial charge in [0.25, 0.3) is 0 Å². The molecule has 4 heteroatoms. The lowest BCUT2D eigenvalue weighted by Gasteiger charge is -2.03. The van der Waals surface area contributed by atoms with Crippen molar-refractivity contribution >= 4 is 5.97 Å². The molecule has 0 amide bonds. The molecule has 0 saturated carbocycles. The van der Waals surface area contributed by atoms with Gasteiger partial charge in [-0.25, -0.2) is 9.97 Å². The molecule has 0 N–H and O–H groups in total. The number of aryl methyl sites for hydroxylation is 1. The van der Waals surface area contributed by atoms with E-state index < -0.39 is 0 Å². The topological polar surface area (TPSA) is 52.1 Å². The van der Waals surface area contributed by atoms with E-state index in [1.807, 2.05) is 24.3 Å². The summed E-state index contributed by atoms with van der Waals surface area (Å²) in [5, 5.41) is 0. The molecule has 18 heavy (non-hydrogen) atoms. The van der Waals surface area contributed by atoms with Crippen LogP contribution in [0.25, 0.3) is 11.4 Å². The van der Waals surface area contributed by atoms with E-state index in [0.29, 0.717) is 18.7 Å². The van der Waals surface area contributed by atoms with E-state index in [9.17, 15) is 4.79 Å². The van der Waals surface area contributed by atoms with Gasteiger partial charge < -0.3 is 4.74 Å². The van der Waals surface area contributed by atoms with Crippen molar-refractivity contribution in [3.05, 3.63) is 48.3 Å². The highest BCUT2D eigenvalue weighted by molar-refractivity contribution is 5.69. The molecule has 4 nitrogen and oxygen atoms in total. The van der Waals surface area contributed by atoms with Gasteiger partial charge in [-0.05, 0) is 24.1 Å². The van der Waals surface area contributed by atoms with E-state index in [1.165, 1.54) is 7.11 Å². The molecule has 0 spiro atoms. The molecule has 0 aliphatic heterocycles. The fraction of sp³-hybridized carbons (Fsp3) is 0.214. The largest absolute Gasteiger partial charge is 0.469 e. The quantitative estimate of drug-likeness (QED) is 0.772. The van der Waals surface area contributed by atoms with Gasteiger partial charge in [-0.2, -0.15) is 0 Å². The summed E-state index contributed by atoms with van der Waals surface area (Å²) in [6.07, 6.45) is 4.47. The van der Waals surface area contributed by atoms with Crippen molar-refractivity contribution in [2.45, 2.75) is 12.8 Å². The molecular weight excluding hydrogens is 228 g/mol. The van der Waals surface area contributed by atoms with E-state index in [2.05, 4.69) is 14.7 Å². The van der Waals surface area contributed by atoms with Crippen LogP contribution in [0.15, 0.2) is 42.7 Å². The van der Waals surface area contributed by atoms with E-state index in [1.54, 1.807) is 18.5 Å². The van der Waals surface area contributed by atoms with Gasteiger partial charge in [0.15, 0.2) is 5.82 Å². The van der Waals surface area contributed by atoms with Crippen LogP contribution in [0.2, 0.25) is 0 Å². The van der Waals surface area contributed by atoms with Gasteiger partial charge in [-0.15, -0.1) is 0 Å². The van der Waals surface area contributed by atoms with E-state index >= 15 is 0 Å². The SMILES string of the molecule is COC(=O)CCc1cccc(-c2ncccn2)c1. The van der Waals surface area contributed by atoms with Gasteiger partial charge in [0.1, 0.15) is 0 Å². The number of carbonyl (C=O) groups excluding carboxylic acids is 1. The second kappa shape index (κ2) is 5.91. The molecule has 1 aromatic heterocycles. The molecule has 0 unspecified atom stereocenters. The number of rotatable bonds is 4. The zero-order chi connectivity index (χ0) is 12.8. The summed E-state index contributed by atoms with van der Waals surface area (Å²) in [4.78, 5) is 19.5. The van der Waals surface area contributed by atoms with Crippen molar-refractivity contribution in [2.75, 3.05) is 7.11 Å². The molecule has 0 bridgehead atoms. The maximum Gasteiger partial charge on any atom is 0.305 e. The molecule has 92 valence electrons. The lowest BCUT2D eigenvalue weighted by Crippen LogP contribution is -2.01. The van der Waals surface area contributed by atoms with Crippen molar-refractivity contribution in [3.8, 4) is 11.4 Å². The van der Waals surface area contributed by atoms with Crippen LogP contribution in [0.1, 0.15) is 12.0 Å². The van der Waals surface area contributed by atoms with E-state index in [-0.39, 0.29) is 5.97 Å². The summed E-state index contributed by atoms with van der Waals surface area (Å²) in [7, 11) is 1.40. The highest BCUT2D eigenvalue weighted by Crippen LogP contribution is 2.16. The number of ether oxygens (including phenoxy) is 1. The van der Waals surface area contributed by atoms with Crippen LogP contribution in [0, 0.1) is 0 Å². The molecule has 1 heterocycles. The highest BCUT2D eigenvalue weighted by atomic mass is 16.5. The number of esters is 1. The van der Waals surface area contributed by atoms with Crippen molar-refractivity contribution < 1.29 is 9.53 Å². The third-order valence-corrected chi connectivity index (χ3v) is 2.60. The molecule has 1 aromatic carbocycles. The molecule has 0 atom stereocenters. The van der Waals surface area contributed by atoms with Crippen molar-refractivity contribution in [1.82, 2.24) is 9.97 Å². The Labute approximate surface area is 106 Å². The lowest BCUT2D eigenvalue weighted by atomic mass is 10.1. The van der Waals surface area contributed by atoms with Gasteiger partial charge >= 0.3 is 5.97 Å². The zero-order valence-electron chi connectivity index (χ0n) is 10.2. The van der Waals surface area contributed by atoms with E-state index in [4.69, 9.17) is 0 Å². The second-order valence-corrected chi connectivity index (χ2v) is 3.85. The fourth-order valence-corrected chi connectivity index (χ4v) is 1.66. The zero-order valence-corrected chi connectivity index (χ0v) is 10.2. The Kier molecular flexibility index (Phi) is 4.02. The third-order valence-electron chi connectivity index (χ3n) is 2.60. The van der Waals surface area contributed by atoms with Crippen LogP contribution >= 0.6 is 0 Å². The lowest BCUT2D eigenvalue weighted by molar-refractivity contribution is -0.140. The summed E-state index contributed by atoms with van der Waals surface area (Å²) in [5.41, 5.74) is 2.03. The number of hydrogen-bond acceptors (Lipinski definition) is 4. The Morgan fingerprint density at radius 3 is 2.72 bits per heavy atom. The fourth-order valence-electron chi connectivity index (χ4n) is 1.66. The molecule has 2 aromatic rings. The number of nitrogens with zero attached hydrogens (tertiary/aromatic N) is 2. The normalized spacial score (nSPS) is 10.1. The molecule has 2 rings (SSSR count). The predicted octanol–water partition coefficient (Wildman–Crippen LogP) is 2.25. The minimum absolute atomic E-state index is 0.198. The van der Waals surface area contributed by atoms with Gasteiger partial charge in [0.05, 0.1) is 7.11 Å². The first-order chi connectivity index (χ1) is 8.79. The Bertz CT molecular complexity index is 526. The third kappa shape index (κ3) is 3.13. The van der Waals surface area contributed by atoms with Gasteiger partial charge in [-0.1, -0.05) is 18.2 Å². The van der Waals surface area contributed by atoms with Crippen molar-refractivity contribution in [2.24, 2.45) is 0 Å². The van der Waals surface area contributed by atoms with Gasteiger partial charge in [0.2, 0.25) is 0 Å². The number of aromatic nitrogens is 2. The first kappa shape index (κ1) is 12.2. The van der Waals surface area contributed by atoms with Crippen LogP contribution in [0.4, 0.5) is 0 Å². The Hall–Kier alpha value is -2.23.